The van der Waals surface area contributed by atoms with Crippen molar-refractivity contribution < 1.29 is 5.11 Å². The molecule has 0 radical (unpaired) electrons. The highest BCUT2D eigenvalue weighted by atomic mass is 16.3. The molecule has 2 fully saturated rings. The molecule has 1 aromatic rings. The van der Waals surface area contributed by atoms with Crippen LogP contribution < -0.4 is 5.32 Å². The minimum Gasteiger partial charge on any atom is -0.392 e. The molecule has 18 heavy (non-hydrogen) atoms. The third-order valence-electron chi connectivity index (χ3n) is 4.33. The molecule has 3 rings (SSSR count). The van der Waals surface area contributed by atoms with Gasteiger partial charge in [-0.1, -0.05) is 12.1 Å². The summed E-state index contributed by atoms with van der Waals surface area (Å²) in [5.41, 5.74) is 2.16. The third-order valence-corrected chi connectivity index (χ3v) is 4.33. The Balaban J connectivity index is 1.58. The van der Waals surface area contributed by atoms with Gasteiger partial charge in [-0.05, 0) is 49.9 Å². The largest absolute Gasteiger partial charge is 0.392 e. The number of nitrogens with one attached hydrogen (secondary N) is 1. The van der Waals surface area contributed by atoms with E-state index in [1.807, 2.05) is 12.1 Å². The lowest BCUT2D eigenvalue weighted by molar-refractivity contribution is 0.188. The van der Waals surface area contributed by atoms with E-state index < -0.39 is 0 Å². The van der Waals surface area contributed by atoms with E-state index in [1.165, 1.54) is 44.5 Å². The standard InChI is InChI=1S/C15H22N2O/c18-11-12-3-5-13(6-4-12)16-14-7-9-17-8-1-2-15(17)10-14/h3-6,14-16,18H,1-2,7-11H2. The van der Waals surface area contributed by atoms with Crippen molar-refractivity contribution in [2.24, 2.45) is 0 Å². The molecular formula is C15H22N2O. The predicted octanol–water partition coefficient (Wildman–Crippen LogP) is 2.22. The number of hydrogen-bond acceptors (Lipinski definition) is 3. The van der Waals surface area contributed by atoms with Crippen LogP contribution in [0.3, 0.4) is 0 Å². The fourth-order valence-corrected chi connectivity index (χ4v) is 3.30. The third kappa shape index (κ3) is 2.52. The fraction of sp³-hybridized carbons (Fsp3) is 0.600. The van der Waals surface area contributed by atoms with Crippen molar-refractivity contribution in [1.82, 2.24) is 4.90 Å². The maximum atomic E-state index is 9.03. The lowest BCUT2D eigenvalue weighted by Crippen LogP contribution is -2.42. The Morgan fingerprint density at radius 1 is 1.17 bits per heavy atom. The van der Waals surface area contributed by atoms with Crippen molar-refractivity contribution in [2.75, 3.05) is 18.4 Å². The highest BCUT2D eigenvalue weighted by Gasteiger charge is 2.31. The predicted molar refractivity (Wildman–Crippen MR) is 73.6 cm³/mol. The molecule has 2 N–H and O–H groups in total. The first-order valence-electron chi connectivity index (χ1n) is 7.05. The second kappa shape index (κ2) is 5.29. The molecule has 2 heterocycles. The summed E-state index contributed by atoms with van der Waals surface area (Å²) in [6, 6.07) is 9.57. The Kier molecular flexibility index (Phi) is 3.52. The number of hydrogen-bond donors (Lipinski definition) is 2. The van der Waals surface area contributed by atoms with Gasteiger partial charge in [0.25, 0.3) is 0 Å². The second-order valence-corrected chi connectivity index (χ2v) is 5.55. The van der Waals surface area contributed by atoms with Gasteiger partial charge in [-0.3, -0.25) is 0 Å². The monoisotopic (exact) mass is 246 g/mol. The highest BCUT2D eigenvalue weighted by molar-refractivity contribution is 5.45. The van der Waals surface area contributed by atoms with E-state index >= 15 is 0 Å². The summed E-state index contributed by atoms with van der Waals surface area (Å²) in [7, 11) is 0. The summed E-state index contributed by atoms with van der Waals surface area (Å²) >= 11 is 0. The maximum Gasteiger partial charge on any atom is 0.0681 e. The van der Waals surface area contributed by atoms with E-state index in [2.05, 4.69) is 22.3 Å². The summed E-state index contributed by atoms with van der Waals surface area (Å²) < 4.78 is 0. The van der Waals surface area contributed by atoms with Gasteiger partial charge < -0.3 is 15.3 Å². The van der Waals surface area contributed by atoms with Crippen LogP contribution in [0.25, 0.3) is 0 Å². The van der Waals surface area contributed by atoms with Crippen molar-refractivity contribution in [3.05, 3.63) is 29.8 Å². The second-order valence-electron chi connectivity index (χ2n) is 5.55. The van der Waals surface area contributed by atoms with Gasteiger partial charge in [-0.15, -0.1) is 0 Å². The van der Waals surface area contributed by atoms with Crippen LogP contribution in [0.1, 0.15) is 31.2 Å². The number of aliphatic hydroxyl groups excluding tert-OH is 1. The number of fused-ring (bicyclic) bond motifs is 1. The smallest absolute Gasteiger partial charge is 0.0681 e. The maximum absolute atomic E-state index is 9.03. The molecule has 0 bridgehead atoms. The van der Waals surface area contributed by atoms with Crippen LogP contribution in [-0.4, -0.2) is 35.2 Å². The van der Waals surface area contributed by atoms with Gasteiger partial charge >= 0.3 is 0 Å². The van der Waals surface area contributed by atoms with Gasteiger partial charge in [0.15, 0.2) is 0 Å². The molecule has 0 aromatic heterocycles. The number of piperidine rings is 1. The van der Waals surface area contributed by atoms with Crippen molar-refractivity contribution in [2.45, 2.75) is 44.4 Å². The van der Waals surface area contributed by atoms with Crippen molar-refractivity contribution in [3.63, 3.8) is 0 Å². The minimum atomic E-state index is 0.126. The average Bonchev–Trinajstić information content (AvgIpc) is 2.87. The number of benzene rings is 1. The Morgan fingerprint density at radius 2 is 2.00 bits per heavy atom. The Labute approximate surface area is 109 Å². The molecule has 2 atom stereocenters. The fourth-order valence-electron chi connectivity index (χ4n) is 3.30. The molecule has 0 saturated carbocycles. The molecule has 3 nitrogen and oxygen atoms in total. The van der Waals surface area contributed by atoms with E-state index in [1.54, 1.807) is 0 Å². The zero-order valence-corrected chi connectivity index (χ0v) is 10.8. The molecule has 3 heteroatoms. The summed E-state index contributed by atoms with van der Waals surface area (Å²) in [6.45, 7) is 2.68. The molecule has 2 aliphatic rings. The molecule has 0 spiro atoms. The van der Waals surface area contributed by atoms with Crippen molar-refractivity contribution in [1.29, 1.82) is 0 Å². The zero-order valence-electron chi connectivity index (χ0n) is 10.8. The molecule has 1 aromatic carbocycles. The first-order valence-corrected chi connectivity index (χ1v) is 7.05. The van der Waals surface area contributed by atoms with Crippen LogP contribution in [0.4, 0.5) is 5.69 Å². The SMILES string of the molecule is OCc1ccc(NC2CCN3CCCC3C2)cc1. The van der Waals surface area contributed by atoms with Gasteiger partial charge in [0.05, 0.1) is 6.61 Å². The molecule has 2 saturated heterocycles. The van der Waals surface area contributed by atoms with Crippen LogP contribution >= 0.6 is 0 Å². The Morgan fingerprint density at radius 3 is 2.78 bits per heavy atom. The summed E-state index contributed by atoms with van der Waals surface area (Å²) in [6.07, 6.45) is 5.28. The Bertz CT molecular complexity index is 390. The minimum absolute atomic E-state index is 0.126. The molecule has 2 aliphatic heterocycles. The molecule has 0 aliphatic carbocycles. The van der Waals surface area contributed by atoms with Gasteiger partial charge in [-0.2, -0.15) is 0 Å². The number of rotatable bonds is 3. The topological polar surface area (TPSA) is 35.5 Å². The summed E-state index contributed by atoms with van der Waals surface area (Å²) in [5.74, 6) is 0. The average molecular weight is 246 g/mol. The van der Waals surface area contributed by atoms with Crippen molar-refractivity contribution >= 4 is 5.69 Å². The van der Waals surface area contributed by atoms with Gasteiger partial charge in [0.2, 0.25) is 0 Å². The molecule has 0 amide bonds. The van der Waals surface area contributed by atoms with Crippen LogP contribution in [0.5, 0.6) is 0 Å². The Hall–Kier alpha value is -1.06. The highest BCUT2D eigenvalue weighted by Crippen LogP contribution is 2.28. The van der Waals surface area contributed by atoms with E-state index in [0.29, 0.717) is 6.04 Å². The summed E-state index contributed by atoms with van der Waals surface area (Å²) in [5, 5.41) is 12.7. The lowest BCUT2D eigenvalue weighted by atomic mass is 9.97. The first-order chi connectivity index (χ1) is 8.85. The molecular weight excluding hydrogens is 224 g/mol. The van der Waals surface area contributed by atoms with Gasteiger partial charge in [0.1, 0.15) is 0 Å². The van der Waals surface area contributed by atoms with Crippen LogP contribution in [0.15, 0.2) is 24.3 Å². The lowest BCUT2D eigenvalue weighted by Gasteiger charge is -2.35. The van der Waals surface area contributed by atoms with Crippen molar-refractivity contribution in [3.8, 4) is 0 Å². The van der Waals surface area contributed by atoms with E-state index in [0.717, 1.165) is 11.6 Å². The summed E-state index contributed by atoms with van der Waals surface area (Å²) in [4.78, 5) is 2.65. The first kappa shape index (κ1) is 12.0. The van der Waals surface area contributed by atoms with Crippen LogP contribution in [0, 0.1) is 0 Å². The molecule has 98 valence electrons. The van der Waals surface area contributed by atoms with Crippen LogP contribution in [0.2, 0.25) is 0 Å². The number of aliphatic hydroxyl groups is 1. The quantitative estimate of drug-likeness (QED) is 0.858. The van der Waals surface area contributed by atoms with Gasteiger partial charge in [0, 0.05) is 24.3 Å². The molecule has 2 unspecified atom stereocenters. The van der Waals surface area contributed by atoms with E-state index in [-0.39, 0.29) is 6.61 Å². The normalized spacial score (nSPS) is 28.1. The van der Waals surface area contributed by atoms with Crippen LogP contribution in [-0.2, 0) is 6.61 Å². The van der Waals surface area contributed by atoms with E-state index in [9.17, 15) is 0 Å². The van der Waals surface area contributed by atoms with Gasteiger partial charge in [-0.25, -0.2) is 0 Å². The number of anilines is 1. The van der Waals surface area contributed by atoms with E-state index in [4.69, 9.17) is 5.11 Å². The number of nitrogens with zero attached hydrogens (tertiary/aromatic N) is 1. The zero-order chi connectivity index (χ0) is 12.4.